The largest absolute Gasteiger partial charge is 0.352 e. The van der Waals surface area contributed by atoms with Crippen LogP contribution in [0.25, 0.3) is 0 Å². The number of benzene rings is 2. The fraction of sp³-hybridized carbons (Fsp3) is 0.300. The maximum atomic E-state index is 12.5. The van der Waals surface area contributed by atoms with Crippen molar-refractivity contribution in [2.24, 2.45) is 5.92 Å². The van der Waals surface area contributed by atoms with Crippen LogP contribution in [0.3, 0.4) is 0 Å². The van der Waals surface area contributed by atoms with Gasteiger partial charge in [-0.05, 0) is 42.7 Å². The summed E-state index contributed by atoms with van der Waals surface area (Å²) < 4.78 is 0. The number of nitrogens with one attached hydrogen (secondary N) is 1. The molecular weight excluding hydrogens is 371 g/mol. The van der Waals surface area contributed by atoms with Crippen LogP contribution in [0.5, 0.6) is 0 Å². The molecule has 1 saturated heterocycles. The fourth-order valence-corrected chi connectivity index (χ4v) is 3.51. The molecule has 1 heterocycles. The number of nitrogens with zero attached hydrogens (tertiary/aromatic N) is 1. The van der Waals surface area contributed by atoms with Crippen LogP contribution < -0.4 is 5.32 Å². The summed E-state index contributed by atoms with van der Waals surface area (Å²) in [5.74, 6) is -0.108. The molecule has 136 valence electrons. The Hall–Kier alpha value is -2.04. The van der Waals surface area contributed by atoms with E-state index in [1.807, 2.05) is 24.3 Å². The third-order valence-corrected chi connectivity index (χ3v) is 5.24. The number of likely N-dealkylation sites (tertiary alicyclic amines) is 1. The van der Waals surface area contributed by atoms with Gasteiger partial charge in [0.2, 0.25) is 5.91 Å². The highest BCUT2D eigenvalue weighted by Gasteiger charge is 2.27. The normalized spacial score (nSPS) is 14.9. The third-order valence-electron chi connectivity index (χ3n) is 4.64. The maximum Gasteiger partial charge on any atom is 0.253 e. The van der Waals surface area contributed by atoms with Crippen molar-refractivity contribution in [3.8, 4) is 0 Å². The van der Waals surface area contributed by atoms with Crippen molar-refractivity contribution in [3.63, 3.8) is 0 Å². The standard InChI is InChI=1S/C20H20Cl2N2O2/c21-17-6-3-5-15(12-17)20(26)24-10-8-14(9-11-24)19(25)23-13-16-4-1-2-7-18(16)22/h1-7,12,14H,8-11,13H2,(H,23,25). The lowest BCUT2D eigenvalue weighted by molar-refractivity contribution is -0.126. The molecule has 0 radical (unpaired) electrons. The van der Waals surface area contributed by atoms with Gasteiger partial charge in [-0.25, -0.2) is 0 Å². The van der Waals surface area contributed by atoms with Crippen molar-refractivity contribution in [2.75, 3.05) is 13.1 Å². The van der Waals surface area contributed by atoms with Crippen LogP contribution in [-0.4, -0.2) is 29.8 Å². The Bertz CT molecular complexity index is 802. The van der Waals surface area contributed by atoms with Crippen molar-refractivity contribution in [3.05, 3.63) is 69.7 Å². The summed E-state index contributed by atoms with van der Waals surface area (Å²) in [6.45, 7) is 1.55. The van der Waals surface area contributed by atoms with E-state index in [9.17, 15) is 9.59 Å². The number of carbonyl (C=O) groups excluding carboxylic acids is 2. The maximum absolute atomic E-state index is 12.5. The SMILES string of the molecule is O=C(NCc1ccccc1Cl)C1CCN(C(=O)c2cccc(Cl)c2)CC1. The van der Waals surface area contributed by atoms with Crippen molar-refractivity contribution >= 4 is 35.0 Å². The number of carbonyl (C=O) groups is 2. The molecule has 0 spiro atoms. The third kappa shape index (κ3) is 4.57. The molecule has 1 aliphatic heterocycles. The van der Waals surface area contributed by atoms with Gasteiger partial charge in [0.25, 0.3) is 5.91 Å². The zero-order valence-electron chi connectivity index (χ0n) is 14.3. The molecule has 26 heavy (non-hydrogen) atoms. The van der Waals surface area contributed by atoms with Gasteiger partial charge in [0.05, 0.1) is 0 Å². The molecule has 2 aromatic rings. The highest BCUT2D eigenvalue weighted by Crippen LogP contribution is 2.21. The highest BCUT2D eigenvalue weighted by atomic mass is 35.5. The average Bonchev–Trinajstić information content (AvgIpc) is 2.66. The lowest BCUT2D eigenvalue weighted by Crippen LogP contribution is -2.42. The van der Waals surface area contributed by atoms with E-state index in [1.165, 1.54) is 0 Å². The van der Waals surface area contributed by atoms with Gasteiger partial charge in [0.1, 0.15) is 0 Å². The molecule has 0 atom stereocenters. The Morgan fingerprint density at radius 1 is 1.04 bits per heavy atom. The first-order chi connectivity index (χ1) is 12.5. The second kappa shape index (κ2) is 8.56. The first-order valence-electron chi connectivity index (χ1n) is 8.60. The van der Waals surface area contributed by atoms with E-state index >= 15 is 0 Å². The molecule has 1 N–H and O–H groups in total. The second-order valence-electron chi connectivity index (χ2n) is 6.39. The minimum absolute atomic E-state index is 0.0137. The number of rotatable bonds is 4. The van der Waals surface area contributed by atoms with E-state index in [-0.39, 0.29) is 17.7 Å². The molecule has 6 heteroatoms. The summed E-state index contributed by atoms with van der Waals surface area (Å²) >= 11 is 12.1. The average molecular weight is 391 g/mol. The van der Waals surface area contributed by atoms with E-state index in [0.29, 0.717) is 48.1 Å². The molecule has 1 fully saturated rings. The van der Waals surface area contributed by atoms with E-state index in [4.69, 9.17) is 23.2 Å². The number of amides is 2. The summed E-state index contributed by atoms with van der Waals surface area (Å²) in [6, 6.07) is 14.4. The quantitative estimate of drug-likeness (QED) is 0.851. The van der Waals surface area contributed by atoms with Crippen molar-refractivity contribution in [1.82, 2.24) is 10.2 Å². The molecule has 3 rings (SSSR count). The van der Waals surface area contributed by atoms with E-state index in [2.05, 4.69) is 5.32 Å². The van der Waals surface area contributed by atoms with Crippen LogP contribution in [-0.2, 0) is 11.3 Å². The Kier molecular flexibility index (Phi) is 6.17. The molecule has 0 saturated carbocycles. The summed E-state index contributed by atoms with van der Waals surface area (Å²) in [4.78, 5) is 26.7. The van der Waals surface area contributed by atoms with Crippen LogP contribution in [0, 0.1) is 5.92 Å². The number of piperidine rings is 1. The molecule has 0 aliphatic carbocycles. The Morgan fingerprint density at radius 2 is 1.77 bits per heavy atom. The second-order valence-corrected chi connectivity index (χ2v) is 7.23. The van der Waals surface area contributed by atoms with Gasteiger partial charge in [-0.3, -0.25) is 9.59 Å². The lowest BCUT2D eigenvalue weighted by Gasteiger charge is -2.31. The van der Waals surface area contributed by atoms with Crippen molar-refractivity contribution < 1.29 is 9.59 Å². The summed E-state index contributed by atoms with van der Waals surface area (Å²) in [5, 5.41) is 4.14. The fourth-order valence-electron chi connectivity index (χ4n) is 3.12. The molecule has 0 aromatic heterocycles. The molecule has 2 amide bonds. The van der Waals surface area contributed by atoms with E-state index in [0.717, 1.165) is 5.56 Å². The summed E-state index contributed by atoms with van der Waals surface area (Å²) in [6.07, 6.45) is 1.31. The molecule has 2 aromatic carbocycles. The topological polar surface area (TPSA) is 49.4 Å². The van der Waals surface area contributed by atoms with E-state index in [1.54, 1.807) is 29.2 Å². The number of halogens is 2. The van der Waals surface area contributed by atoms with Crippen molar-refractivity contribution in [1.29, 1.82) is 0 Å². The Morgan fingerprint density at radius 3 is 2.46 bits per heavy atom. The smallest absolute Gasteiger partial charge is 0.253 e. The summed E-state index contributed by atoms with van der Waals surface area (Å²) in [5.41, 5.74) is 1.48. The molecule has 0 unspecified atom stereocenters. The number of hydrogen-bond acceptors (Lipinski definition) is 2. The minimum atomic E-state index is -0.0825. The van der Waals surface area contributed by atoms with Crippen molar-refractivity contribution in [2.45, 2.75) is 19.4 Å². The van der Waals surface area contributed by atoms with Crippen LogP contribution in [0.15, 0.2) is 48.5 Å². The van der Waals surface area contributed by atoms with Gasteiger partial charge in [-0.15, -0.1) is 0 Å². The Labute approximate surface area is 163 Å². The van der Waals surface area contributed by atoms with Crippen LogP contribution in [0.4, 0.5) is 0 Å². The van der Waals surface area contributed by atoms with Gasteiger partial charge >= 0.3 is 0 Å². The molecular formula is C20H20Cl2N2O2. The lowest BCUT2D eigenvalue weighted by atomic mass is 9.95. The van der Waals surface area contributed by atoms with Gasteiger partial charge in [0.15, 0.2) is 0 Å². The molecule has 1 aliphatic rings. The van der Waals surface area contributed by atoms with Crippen LogP contribution in [0.2, 0.25) is 10.0 Å². The summed E-state index contributed by atoms with van der Waals surface area (Å²) in [7, 11) is 0. The minimum Gasteiger partial charge on any atom is -0.352 e. The van der Waals surface area contributed by atoms with Crippen LogP contribution >= 0.6 is 23.2 Å². The first-order valence-corrected chi connectivity index (χ1v) is 9.36. The predicted octanol–water partition coefficient (Wildman–Crippen LogP) is 4.16. The van der Waals surface area contributed by atoms with E-state index < -0.39 is 0 Å². The molecule has 4 nitrogen and oxygen atoms in total. The van der Waals surface area contributed by atoms with Gasteiger partial charge in [-0.2, -0.15) is 0 Å². The van der Waals surface area contributed by atoms with Crippen LogP contribution in [0.1, 0.15) is 28.8 Å². The number of hydrogen-bond donors (Lipinski definition) is 1. The first kappa shape index (κ1) is 18.7. The monoisotopic (exact) mass is 390 g/mol. The molecule has 0 bridgehead atoms. The highest BCUT2D eigenvalue weighted by molar-refractivity contribution is 6.31. The van der Waals surface area contributed by atoms with Gasteiger partial charge < -0.3 is 10.2 Å². The van der Waals surface area contributed by atoms with Gasteiger partial charge in [0, 0.05) is 41.2 Å². The zero-order chi connectivity index (χ0) is 18.5. The zero-order valence-corrected chi connectivity index (χ0v) is 15.8. The van der Waals surface area contributed by atoms with Gasteiger partial charge in [-0.1, -0.05) is 47.5 Å². The Balaban J connectivity index is 1.51. The predicted molar refractivity (Wildman–Crippen MR) is 103 cm³/mol.